The molecule has 6 N–H and O–H groups in total. The lowest BCUT2D eigenvalue weighted by Gasteiger charge is -2.19. The lowest BCUT2D eigenvalue weighted by Crippen LogP contribution is -2.45. The summed E-state index contributed by atoms with van der Waals surface area (Å²) in [5.41, 5.74) is 10.5. The largest absolute Gasteiger partial charge is 0.368 e. The van der Waals surface area contributed by atoms with Crippen molar-refractivity contribution in [2.24, 2.45) is 11.5 Å². The number of nitrogens with one attached hydrogen (secondary N) is 2. The fraction of sp³-hybridized carbons (Fsp3) is 0.818. The maximum Gasteiger partial charge on any atom is 0.234 e. The van der Waals surface area contributed by atoms with Gasteiger partial charge in [-0.2, -0.15) is 0 Å². The van der Waals surface area contributed by atoms with Crippen LogP contribution < -0.4 is 22.1 Å². The van der Waals surface area contributed by atoms with E-state index in [2.05, 4.69) is 10.6 Å². The number of primary amides is 2. The van der Waals surface area contributed by atoms with Gasteiger partial charge in [0.25, 0.3) is 0 Å². The molecule has 0 aromatic rings. The van der Waals surface area contributed by atoms with Gasteiger partial charge in [-0.15, -0.1) is 0 Å². The second-order valence-corrected chi connectivity index (χ2v) is 4.45. The van der Waals surface area contributed by atoms with E-state index in [0.717, 1.165) is 0 Å². The van der Waals surface area contributed by atoms with Crippen LogP contribution in [0.1, 0.15) is 33.1 Å². The Morgan fingerprint density at radius 1 is 1.06 bits per heavy atom. The zero-order chi connectivity index (χ0) is 13.4. The van der Waals surface area contributed by atoms with Crippen LogP contribution in [0.25, 0.3) is 0 Å². The first-order chi connectivity index (χ1) is 7.88. The predicted molar refractivity (Wildman–Crippen MR) is 67.1 cm³/mol. The van der Waals surface area contributed by atoms with E-state index >= 15 is 0 Å². The van der Waals surface area contributed by atoms with Crippen LogP contribution in [0.3, 0.4) is 0 Å². The van der Waals surface area contributed by atoms with Gasteiger partial charge in [0.15, 0.2) is 0 Å². The first-order valence-electron chi connectivity index (χ1n) is 5.90. The summed E-state index contributed by atoms with van der Waals surface area (Å²) in [4.78, 5) is 22.1. The van der Waals surface area contributed by atoms with Gasteiger partial charge in [-0.05, 0) is 26.3 Å². The summed E-state index contributed by atoms with van der Waals surface area (Å²) in [7, 11) is 1.69. The molecule has 0 aliphatic carbocycles. The molecule has 0 aliphatic rings. The maximum absolute atomic E-state index is 11.2. The molecule has 0 spiro atoms. The van der Waals surface area contributed by atoms with E-state index in [1.165, 1.54) is 0 Å². The second kappa shape index (κ2) is 8.03. The molecule has 2 atom stereocenters. The van der Waals surface area contributed by atoms with E-state index in [4.69, 9.17) is 11.5 Å². The molecule has 100 valence electrons. The third-order valence-corrected chi connectivity index (χ3v) is 2.56. The van der Waals surface area contributed by atoms with Crippen molar-refractivity contribution in [2.45, 2.75) is 51.2 Å². The fourth-order valence-corrected chi connectivity index (χ4v) is 1.67. The normalized spacial score (nSPS) is 14.6. The zero-order valence-corrected chi connectivity index (χ0v) is 10.8. The topological polar surface area (TPSA) is 110 Å². The number of hydrogen-bond donors (Lipinski definition) is 4. The highest BCUT2D eigenvalue weighted by Crippen LogP contribution is 2.05. The Morgan fingerprint density at radius 2 is 1.53 bits per heavy atom. The number of carbonyl (C=O) groups is 2. The predicted octanol–water partition coefficient (Wildman–Crippen LogP) is -0.918. The van der Waals surface area contributed by atoms with E-state index in [1.54, 1.807) is 7.05 Å². The average Bonchev–Trinajstić information content (AvgIpc) is 2.21. The molecule has 17 heavy (non-hydrogen) atoms. The van der Waals surface area contributed by atoms with Crippen LogP contribution in [0.15, 0.2) is 0 Å². The number of hydrogen-bond acceptors (Lipinski definition) is 4. The van der Waals surface area contributed by atoms with E-state index in [-0.39, 0.29) is 29.9 Å². The number of nitrogens with two attached hydrogens (primary N) is 2. The van der Waals surface area contributed by atoms with E-state index < -0.39 is 0 Å². The van der Waals surface area contributed by atoms with Crippen LogP contribution in [0.4, 0.5) is 0 Å². The summed E-state index contributed by atoms with van der Waals surface area (Å²) < 4.78 is 0. The summed E-state index contributed by atoms with van der Waals surface area (Å²) >= 11 is 0. The number of likely N-dealkylation sites (N-methyl/N-ethyl adjacent to an activating group) is 1. The van der Waals surface area contributed by atoms with Crippen LogP contribution in [0.2, 0.25) is 0 Å². The molecule has 0 radical (unpaired) electrons. The summed E-state index contributed by atoms with van der Waals surface area (Å²) in [5, 5.41) is 5.92. The minimum Gasteiger partial charge on any atom is -0.368 e. The van der Waals surface area contributed by atoms with E-state index in [0.29, 0.717) is 19.3 Å². The molecule has 2 unspecified atom stereocenters. The molecule has 0 saturated heterocycles. The summed E-state index contributed by atoms with van der Waals surface area (Å²) in [6, 6.07) is -0.494. The highest BCUT2D eigenvalue weighted by atomic mass is 16.1. The van der Waals surface area contributed by atoms with Crippen LogP contribution in [-0.4, -0.2) is 37.0 Å². The van der Waals surface area contributed by atoms with Gasteiger partial charge in [-0.25, -0.2) is 0 Å². The van der Waals surface area contributed by atoms with Crippen LogP contribution in [0, 0.1) is 0 Å². The maximum atomic E-state index is 11.2. The van der Waals surface area contributed by atoms with Crippen molar-refractivity contribution >= 4 is 11.8 Å². The van der Waals surface area contributed by atoms with Crippen molar-refractivity contribution in [2.75, 3.05) is 7.05 Å². The lowest BCUT2D eigenvalue weighted by molar-refractivity contribution is -0.120. The quantitative estimate of drug-likeness (QED) is 0.420. The van der Waals surface area contributed by atoms with Crippen LogP contribution in [0.5, 0.6) is 0 Å². The molecule has 0 rings (SSSR count). The molecule has 2 amide bonds. The molecule has 0 saturated carbocycles. The number of amides is 2. The Labute approximate surface area is 102 Å². The van der Waals surface area contributed by atoms with Crippen molar-refractivity contribution in [1.82, 2.24) is 10.6 Å². The Balaban J connectivity index is 4.05. The van der Waals surface area contributed by atoms with Crippen LogP contribution >= 0.6 is 0 Å². The zero-order valence-electron chi connectivity index (χ0n) is 10.8. The van der Waals surface area contributed by atoms with Crippen molar-refractivity contribution < 1.29 is 9.59 Å². The van der Waals surface area contributed by atoms with Gasteiger partial charge in [0.05, 0.1) is 12.1 Å². The molecular weight excluding hydrogens is 220 g/mol. The summed E-state index contributed by atoms with van der Waals surface area (Å²) in [5.74, 6) is -0.737. The Kier molecular flexibility index (Phi) is 7.49. The third-order valence-electron chi connectivity index (χ3n) is 2.56. The van der Waals surface area contributed by atoms with Gasteiger partial charge in [0.2, 0.25) is 11.8 Å². The molecule has 0 aromatic heterocycles. The van der Waals surface area contributed by atoms with Gasteiger partial charge < -0.3 is 22.1 Å². The number of carbonyl (C=O) groups excluding carboxylic acids is 2. The molecular formula is C11H24N4O2. The van der Waals surface area contributed by atoms with Gasteiger partial charge in [-0.1, -0.05) is 13.8 Å². The minimum absolute atomic E-state index is 0.198. The smallest absolute Gasteiger partial charge is 0.234 e. The summed E-state index contributed by atoms with van der Waals surface area (Å²) in [6.07, 6.45) is 1.93. The Bertz CT molecular complexity index is 256. The standard InChI is InChI=1S/C11H24N4O2/c1-7(2)15-9(11(13)17)6-4-5-8(14-3)10(12)16/h7-9,14-15H,4-6H2,1-3H3,(H2,12,16)(H2,13,17). The van der Waals surface area contributed by atoms with E-state index in [1.807, 2.05) is 13.8 Å². The molecule has 0 aromatic carbocycles. The molecule has 0 heterocycles. The SMILES string of the molecule is CNC(CCCC(NC(C)C)C(N)=O)C(N)=O. The first kappa shape index (κ1) is 15.9. The fourth-order valence-electron chi connectivity index (χ4n) is 1.67. The highest BCUT2D eigenvalue weighted by Gasteiger charge is 2.18. The highest BCUT2D eigenvalue weighted by molar-refractivity contribution is 5.80. The van der Waals surface area contributed by atoms with Crippen molar-refractivity contribution in [3.05, 3.63) is 0 Å². The molecule has 0 aliphatic heterocycles. The van der Waals surface area contributed by atoms with Gasteiger partial charge in [0.1, 0.15) is 0 Å². The Morgan fingerprint density at radius 3 is 1.88 bits per heavy atom. The third kappa shape index (κ3) is 6.91. The second-order valence-electron chi connectivity index (χ2n) is 4.45. The average molecular weight is 244 g/mol. The monoisotopic (exact) mass is 244 g/mol. The van der Waals surface area contributed by atoms with Crippen LogP contribution in [-0.2, 0) is 9.59 Å². The van der Waals surface area contributed by atoms with Gasteiger partial charge in [-0.3, -0.25) is 9.59 Å². The molecule has 6 nitrogen and oxygen atoms in total. The van der Waals surface area contributed by atoms with Crippen molar-refractivity contribution in [3.63, 3.8) is 0 Å². The minimum atomic E-state index is -0.375. The van der Waals surface area contributed by atoms with Gasteiger partial charge >= 0.3 is 0 Å². The first-order valence-corrected chi connectivity index (χ1v) is 5.90. The van der Waals surface area contributed by atoms with Crippen molar-refractivity contribution in [3.8, 4) is 0 Å². The molecule has 0 fully saturated rings. The number of rotatable bonds is 9. The lowest BCUT2D eigenvalue weighted by atomic mass is 10.0. The molecule has 0 bridgehead atoms. The van der Waals surface area contributed by atoms with Gasteiger partial charge in [0, 0.05) is 6.04 Å². The van der Waals surface area contributed by atoms with Crippen molar-refractivity contribution in [1.29, 1.82) is 0 Å². The summed E-state index contributed by atoms with van der Waals surface area (Å²) in [6.45, 7) is 3.91. The Hall–Kier alpha value is -1.14. The molecule has 6 heteroatoms. The van der Waals surface area contributed by atoms with E-state index in [9.17, 15) is 9.59 Å².